The average Bonchev–Trinajstić information content (AvgIpc) is 2.00. The molecule has 2 unspecified atom stereocenters. The molecule has 0 rings (SSSR count). The Morgan fingerprint density at radius 1 is 1.10 bits per heavy atom. The van der Waals surface area contributed by atoms with Crippen molar-refractivity contribution in [3.05, 3.63) is 0 Å². The van der Waals surface area contributed by atoms with Crippen LogP contribution in [0.2, 0.25) is 0 Å². The number of Topliss-reactive ketones (excluding diaryl/α,β-unsaturated/α-hetero) is 1. The summed E-state index contributed by atoms with van der Waals surface area (Å²) < 4.78 is 0. The third-order valence-electron chi connectivity index (χ3n) is 1.72. The van der Waals surface area contributed by atoms with Gasteiger partial charge in [0.15, 0.2) is 5.78 Å². The zero-order chi connectivity index (χ0) is 8.15. The van der Waals surface area contributed by atoms with Crippen molar-refractivity contribution in [2.75, 3.05) is 14.1 Å². The summed E-state index contributed by atoms with van der Waals surface area (Å²) in [6.45, 7) is 3.71. The molecule has 0 bridgehead atoms. The highest BCUT2D eigenvalue weighted by Gasteiger charge is 2.15. The molecule has 0 heterocycles. The zero-order valence-electron chi connectivity index (χ0n) is 7.06. The molecule has 0 radical (unpaired) electrons. The second-order valence-electron chi connectivity index (χ2n) is 2.42. The lowest BCUT2D eigenvalue weighted by atomic mass is 10.1. The van der Waals surface area contributed by atoms with Crippen LogP contribution in [0.25, 0.3) is 0 Å². The highest BCUT2D eigenvalue weighted by molar-refractivity contribution is 5.88. The van der Waals surface area contributed by atoms with E-state index in [-0.39, 0.29) is 17.9 Å². The summed E-state index contributed by atoms with van der Waals surface area (Å²) in [5.41, 5.74) is 0. The summed E-state index contributed by atoms with van der Waals surface area (Å²) in [4.78, 5) is 11.2. The van der Waals surface area contributed by atoms with Gasteiger partial charge in [-0.05, 0) is 27.9 Å². The van der Waals surface area contributed by atoms with Gasteiger partial charge in [-0.15, -0.1) is 0 Å². The van der Waals surface area contributed by atoms with Gasteiger partial charge in [-0.25, -0.2) is 0 Å². The second-order valence-corrected chi connectivity index (χ2v) is 2.42. The minimum atomic E-state index is -0.0533. The maximum Gasteiger partial charge on any atom is 0.165 e. The molecule has 2 atom stereocenters. The third-order valence-corrected chi connectivity index (χ3v) is 1.72. The molecule has 0 amide bonds. The molecular weight excluding hydrogens is 128 g/mol. The van der Waals surface area contributed by atoms with Crippen LogP contribution < -0.4 is 10.6 Å². The molecule has 0 aromatic rings. The van der Waals surface area contributed by atoms with Crippen LogP contribution in [0, 0.1) is 0 Å². The van der Waals surface area contributed by atoms with Crippen molar-refractivity contribution in [3.63, 3.8) is 0 Å². The van der Waals surface area contributed by atoms with E-state index in [2.05, 4.69) is 10.6 Å². The molecule has 0 aromatic carbocycles. The molecule has 2 N–H and O–H groups in total. The van der Waals surface area contributed by atoms with Crippen LogP contribution in [0.15, 0.2) is 0 Å². The molecule has 3 nitrogen and oxygen atoms in total. The normalized spacial score (nSPS) is 16.4. The molecule has 0 aliphatic carbocycles. The maximum atomic E-state index is 11.2. The fourth-order valence-corrected chi connectivity index (χ4v) is 0.660. The van der Waals surface area contributed by atoms with Crippen molar-refractivity contribution in [3.8, 4) is 0 Å². The molecule has 0 spiro atoms. The Bertz CT molecular complexity index is 102. The maximum absolute atomic E-state index is 11.2. The molecule has 0 aliphatic heterocycles. The zero-order valence-corrected chi connectivity index (χ0v) is 7.06. The summed E-state index contributed by atoms with van der Waals surface area (Å²) in [7, 11) is 3.57. The number of carbonyl (C=O) groups excluding carboxylic acids is 1. The van der Waals surface area contributed by atoms with Crippen molar-refractivity contribution < 1.29 is 4.79 Å². The van der Waals surface area contributed by atoms with Gasteiger partial charge in [0.2, 0.25) is 0 Å². The first-order chi connectivity index (χ1) is 4.63. The van der Waals surface area contributed by atoms with Crippen LogP contribution in [-0.4, -0.2) is 32.0 Å². The lowest BCUT2D eigenvalue weighted by molar-refractivity contribution is -0.122. The van der Waals surface area contributed by atoms with Crippen molar-refractivity contribution in [2.24, 2.45) is 0 Å². The Kier molecular flexibility index (Phi) is 4.23. The number of hydrogen-bond acceptors (Lipinski definition) is 3. The van der Waals surface area contributed by atoms with Gasteiger partial charge in [-0.1, -0.05) is 0 Å². The van der Waals surface area contributed by atoms with Crippen LogP contribution in [-0.2, 0) is 4.79 Å². The predicted octanol–water partition coefficient (Wildman–Crippen LogP) is -0.229. The van der Waals surface area contributed by atoms with E-state index in [4.69, 9.17) is 0 Å². The van der Waals surface area contributed by atoms with Gasteiger partial charge in [0.05, 0.1) is 12.1 Å². The molecule has 0 saturated carbocycles. The van der Waals surface area contributed by atoms with E-state index in [0.717, 1.165) is 0 Å². The minimum Gasteiger partial charge on any atom is -0.311 e. The van der Waals surface area contributed by atoms with Crippen LogP contribution in [0.5, 0.6) is 0 Å². The summed E-state index contributed by atoms with van der Waals surface area (Å²) in [6.07, 6.45) is 0. The lowest BCUT2D eigenvalue weighted by Gasteiger charge is -2.14. The van der Waals surface area contributed by atoms with E-state index < -0.39 is 0 Å². The SMILES string of the molecule is CNC(C)C(=O)C(C)NC. The highest BCUT2D eigenvalue weighted by Crippen LogP contribution is 1.89. The number of rotatable bonds is 4. The Morgan fingerprint density at radius 3 is 1.60 bits per heavy atom. The van der Waals surface area contributed by atoms with Crippen LogP contribution in [0.3, 0.4) is 0 Å². The fourth-order valence-electron chi connectivity index (χ4n) is 0.660. The first-order valence-corrected chi connectivity index (χ1v) is 3.51. The van der Waals surface area contributed by atoms with Gasteiger partial charge in [0.1, 0.15) is 0 Å². The van der Waals surface area contributed by atoms with Gasteiger partial charge in [0.25, 0.3) is 0 Å². The van der Waals surface area contributed by atoms with Crippen molar-refractivity contribution in [1.29, 1.82) is 0 Å². The molecule has 0 fully saturated rings. The number of likely N-dealkylation sites (N-methyl/N-ethyl adjacent to an activating group) is 2. The lowest BCUT2D eigenvalue weighted by Crippen LogP contribution is -2.42. The van der Waals surface area contributed by atoms with E-state index in [9.17, 15) is 4.79 Å². The Labute approximate surface area is 62.2 Å². The number of carbonyl (C=O) groups is 1. The van der Waals surface area contributed by atoms with Gasteiger partial charge >= 0.3 is 0 Å². The standard InChI is InChI=1S/C7H16N2O/c1-5(8-3)7(10)6(2)9-4/h5-6,8-9H,1-4H3. The first kappa shape index (κ1) is 9.59. The summed E-state index contributed by atoms with van der Waals surface area (Å²) in [6, 6.07) is -0.107. The Balaban J connectivity index is 3.82. The molecule has 0 saturated heterocycles. The van der Waals surface area contributed by atoms with E-state index in [0.29, 0.717) is 0 Å². The van der Waals surface area contributed by atoms with Crippen LogP contribution in [0.4, 0.5) is 0 Å². The van der Waals surface area contributed by atoms with E-state index >= 15 is 0 Å². The van der Waals surface area contributed by atoms with Crippen molar-refractivity contribution in [1.82, 2.24) is 10.6 Å². The van der Waals surface area contributed by atoms with Gasteiger partial charge in [-0.3, -0.25) is 4.79 Å². The fraction of sp³-hybridized carbons (Fsp3) is 0.857. The van der Waals surface area contributed by atoms with Gasteiger partial charge in [-0.2, -0.15) is 0 Å². The molecule has 0 aromatic heterocycles. The monoisotopic (exact) mass is 144 g/mol. The number of hydrogen-bond donors (Lipinski definition) is 2. The molecule has 3 heteroatoms. The van der Waals surface area contributed by atoms with Gasteiger partial charge < -0.3 is 10.6 Å². The largest absolute Gasteiger partial charge is 0.311 e. The minimum absolute atomic E-state index is 0.0533. The smallest absolute Gasteiger partial charge is 0.165 e. The summed E-state index contributed by atoms with van der Waals surface area (Å²) in [5, 5.41) is 5.78. The summed E-state index contributed by atoms with van der Waals surface area (Å²) >= 11 is 0. The van der Waals surface area contributed by atoms with Crippen molar-refractivity contribution >= 4 is 5.78 Å². The summed E-state index contributed by atoms with van der Waals surface area (Å²) in [5.74, 6) is 0.199. The predicted molar refractivity (Wildman–Crippen MR) is 42.1 cm³/mol. The van der Waals surface area contributed by atoms with E-state index in [1.165, 1.54) is 0 Å². The van der Waals surface area contributed by atoms with Gasteiger partial charge in [0, 0.05) is 0 Å². The molecule has 10 heavy (non-hydrogen) atoms. The number of ketones is 1. The van der Waals surface area contributed by atoms with Crippen molar-refractivity contribution in [2.45, 2.75) is 25.9 Å². The average molecular weight is 144 g/mol. The van der Waals surface area contributed by atoms with E-state index in [1.807, 2.05) is 13.8 Å². The quantitative estimate of drug-likeness (QED) is 0.572. The Morgan fingerprint density at radius 2 is 1.40 bits per heavy atom. The highest BCUT2D eigenvalue weighted by atomic mass is 16.1. The van der Waals surface area contributed by atoms with E-state index in [1.54, 1.807) is 14.1 Å². The van der Waals surface area contributed by atoms with Crippen LogP contribution >= 0.6 is 0 Å². The van der Waals surface area contributed by atoms with Crippen LogP contribution in [0.1, 0.15) is 13.8 Å². The molecule has 60 valence electrons. The third kappa shape index (κ3) is 2.45. The molecule has 0 aliphatic rings. The number of nitrogens with one attached hydrogen (secondary N) is 2. The first-order valence-electron chi connectivity index (χ1n) is 3.51. The second kappa shape index (κ2) is 4.41. The Hall–Kier alpha value is -0.410. The topological polar surface area (TPSA) is 41.1 Å². The molecular formula is C7H16N2O.